The molecule has 0 aliphatic carbocycles. The van der Waals surface area contributed by atoms with Crippen LogP contribution in [0.1, 0.15) is 34.8 Å². The molecule has 4 rings (SSSR count). The molecule has 2 atom stereocenters. The molecule has 2 aliphatic heterocycles. The second-order valence-electron chi connectivity index (χ2n) is 8.78. The third-order valence-electron chi connectivity index (χ3n) is 6.63. The van der Waals surface area contributed by atoms with E-state index in [2.05, 4.69) is 10.2 Å². The van der Waals surface area contributed by atoms with Crippen LogP contribution in [0.15, 0.2) is 48.5 Å². The molecule has 0 radical (unpaired) electrons. The first-order valence-corrected chi connectivity index (χ1v) is 11.8. The predicted octanol–water partition coefficient (Wildman–Crippen LogP) is 2.88. The summed E-state index contributed by atoms with van der Waals surface area (Å²) in [4.78, 5) is 30.0. The zero-order valence-electron chi connectivity index (χ0n) is 19.5. The number of carbonyl (C=O) groups is 2. The zero-order chi connectivity index (χ0) is 23.9. The van der Waals surface area contributed by atoms with E-state index in [-0.39, 0.29) is 29.6 Å². The molecule has 2 fully saturated rings. The first-order chi connectivity index (χ1) is 16.5. The molecule has 34 heavy (non-hydrogen) atoms. The molecular weight excluding hydrogens is 437 g/mol. The van der Waals surface area contributed by atoms with Crippen LogP contribution in [-0.4, -0.2) is 74.7 Å². The third kappa shape index (κ3) is 5.93. The van der Waals surface area contributed by atoms with Crippen LogP contribution in [0, 0.1) is 11.7 Å². The highest BCUT2D eigenvalue weighted by atomic mass is 19.1. The average Bonchev–Trinajstić information content (AvgIpc) is 2.90. The number of nitrogens with one attached hydrogen (secondary N) is 1. The number of hydrogen-bond donors (Lipinski definition) is 1. The number of morpholine rings is 1. The molecule has 2 amide bonds. The zero-order valence-corrected chi connectivity index (χ0v) is 19.5. The first kappa shape index (κ1) is 24.2. The van der Waals surface area contributed by atoms with Gasteiger partial charge in [0.15, 0.2) is 0 Å². The predicted molar refractivity (Wildman–Crippen MR) is 126 cm³/mol. The van der Waals surface area contributed by atoms with Crippen molar-refractivity contribution in [1.29, 1.82) is 0 Å². The van der Waals surface area contributed by atoms with Crippen LogP contribution in [0.5, 0.6) is 5.75 Å². The number of likely N-dealkylation sites (tertiary alicyclic amines) is 1. The second-order valence-corrected chi connectivity index (χ2v) is 8.78. The summed E-state index contributed by atoms with van der Waals surface area (Å²) in [5, 5.41) is 3.14. The molecule has 2 aromatic carbocycles. The quantitative estimate of drug-likeness (QED) is 0.675. The SMILES string of the molecule is COc1ccc(C(CNC(=O)C2CCCN(C(=O)c3ccc(F)cc3)C2)N2CCOCC2)cc1. The number of piperidine rings is 1. The summed E-state index contributed by atoms with van der Waals surface area (Å²) >= 11 is 0. The van der Waals surface area contributed by atoms with Crippen LogP contribution in [0.3, 0.4) is 0 Å². The van der Waals surface area contributed by atoms with Gasteiger partial charge in [-0.1, -0.05) is 12.1 Å². The van der Waals surface area contributed by atoms with E-state index in [0.717, 1.165) is 37.2 Å². The maximum Gasteiger partial charge on any atom is 0.253 e. The molecule has 0 aromatic heterocycles. The van der Waals surface area contributed by atoms with Gasteiger partial charge in [0.2, 0.25) is 5.91 Å². The highest BCUT2D eigenvalue weighted by Gasteiger charge is 2.30. The highest BCUT2D eigenvalue weighted by Crippen LogP contribution is 2.25. The summed E-state index contributed by atoms with van der Waals surface area (Å²) < 4.78 is 24.0. The molecule has 2 unspecified atom stereocenters. The number of ether oxygens (including phenoxy) is 2. The van der Waals surface area contributed by atoms with Crippen LogP contribution < -0.4 is 10.1 Å². The lowest BCUT2D eigenvalue weighted by Gasteiger charge is -2.36. The topological polar surface area (TPSA) is 71.1 Å². The number of hydrogen-bond acceptors (Lipinski definition) is 5. The molecule has 2 heterocycles. The lowest BCUT2D eigenvalue weighted by atomic mass is 9.96. The largest absolute Gasteiger partial charge is 0.497 e. The van der Waals surface area contributed by atoms with E-state index in [4.69, 9.17) is 9.47 Å². The third-order valence-corrected chi connectivity index (χ3v) is 6.63. The number of carbonyl (C=O) groups excluding carboxylic acids is 2. The monoisotopic (exact) mass is 469 g/mol. The fraction of sp³-hybridized carbons (Fsp3) is 0.462. The summed E-state index contributed by atoms with van der Waals surface area (Å²) in [6.07, 6.45) is 1.50. The van der Waals surface area contributed by atoms with Crippen LogP contribution in [0.25, 0.3) is 0 Å². The van der Waals surface area contributed by atoms with E-state index in [1.807, 2.05) is 24.3 Å². The number of rotatable bonds is 7. The fourth-order valence-corrected chi connectivity index (χ4v) is 4.67. The van der Waals surface area contributed by atoms with Crippen molar-refractivity contribution in [2.45, 2.75) is 18.9 Å². The molecule has 2 aromatic rings. The molecule has 0 spiro atoms. The molecule has 2 aliphatic rings. The van der Waals surface area contributed by atoms with Gasteiger partial charge in [-0.2, -0.15) is 0 Å². The lowest BCUT2D eigenvalue weighted by Crippen LogP contribution is -2.48. The molecule has 0 saturated carbocycles. The lowest BCUT2D eigenvalue weighted by molar-refractivity contribution is -0.126. The smallest absolute Gasteiger partial charge is 0.253 e. The Morgan fingerprint density at radius 1 is 1.09 bits per heavy atom. The Morgan fingerprint density at radius 3 is 2.47 bits per heavy atom. The minimum atomic E-state index is -0.376. The summed E-state index contributed by atoms with van der Waals surface area (Å²) in [7, 11) is 1.64. The van der Waals surface area contributed by atoms with Crippen molar-refractivity contribution < 1.29 is 23.5 Å². The van der Waals surface area contributed by atoms with Crippen molar-refractivity contribution in [3.63, 3.8) is 0 Å². The van der Waals surface area contributed by atoms with Crippen molar-refractivity contribution in [2.75, 3.05) is 53.0 Å². The van der Waals surface area contributed by atoms with Gasteiger partial charge in [0.25, 0.3) is 5.91 Å². The summed E-state index contributed by atoms with van der Waals surface area (Å²) in [6.45, 7) is 4.39. The summed E-state index contributed by atoms with van der Waals surface area (Å²) in [6, 6.07) is 13.5. The molecule has 2 saturated heterocycles. The number of halogens is 1. The van der Waals surface area contributed by atoms with Gasteiger partial charge in [0.05, 0.1) is 32.3 Å². The summed E-state index contributed by atoms with van der Waals surface area (Å²) in [5.41, 5.74) is 1.55. The van der Waals surface area contributed by atoms with E-state index in [1.54, 1.807) is 12.0 Å². The molecule has 1 N–H and O–H groups in total. The Hall–Kier alpha value is -2.97. The normalized spacial score (nSPS) is 19.9. The highest BCUT2D eigenvalue weighted by molar-refractivity contribution is 5.94. The Balaban J connectivity index is 1.39. The molecule has 182 valence electrons. The van der Waals surface area contributed by atoms with Crippen molar-refractivity contribution in [2.24, 2.45) is 5.92 Å². The van der Waals surface area contributed by atoms with Crippen molar-refractivity contribution in [1.82, 2.24) is 15.1 Å². The molecule has 8 heteroatoms. The Kier molecular flexibility index (Phi) is 8.13. The standard InChI is InChI=1S/C26H32FN3O4/c1-33-23-10-6-19(7-11-23)24(29-13-15-34-16-14-29)17-28-25(31)21-3-2-12-30(18-21)26(32)20-4-8-22(27)9-5-20/h4-11,21,24H,2-3,12-18H2,1H3,(H,28,31). The van der Waals surface area contributed by atoms with Gasteiger partial charge in [-0.25, -0.2) is 4.39 Å². The Bertz CT molecular complexity index is 961. The van der Waals surface area contributed by atoms with E-state index in [0.29, 0.717) is 38.4 Å². The van der Waals surface area contributed by atoms with Crippen molar-refractivity contribution >= 4 is 11.8 Å². The van der Waals surface area contributed by atoms with Gasteiger partial charge in [-0.15, -0.1) is 0 Å². The van der Waals surface area contributed by atoms with Gasteiger partial charge in [-0.3, -0.25) is 14.5 Å². The van der Waals surface area contributed by atoms with E-state index >= 15 is 0 Å². The molecular formula is C26H32FN3O4. The number of methoxy groups -OCH3 is 1. The number of amides is 2. The van der Waals surface area contributed by atoms with Crippen LogP contribution >= 0.6 is 0 Å². The van der Waals surface area contributed by atoms with E-state index in [9.17, 15) is 14.0 Å². The van der Waals surface area contributed by atoms with Gasteiger partial charge in [0.1, 0.15) is 11.6 Å². The van der Waals surface area contributed by atoms with Gasteiger partial charge in [0, 0.05) is 38.3 Å². The van der Waals surface area contributed by atoms with Gasteiger partial charge in [-0.05, 0) is 54.8 Å². The van der Waals surface area contributed by atoms with Gasteiger partial charge < -0.3 is 19.7 Å². The summed E-state index contributed by atoms with van der Waals surface area (Å²) in [5.74, 6) is -0.0505. The minimum absolute atomic E-state index is 0.0271. The van der Waals surface area contributed by atoms with Crippen molar-refractivity contribution in [3.8, 4) is 5.75 Å². The minimum Gasteiger partial charge on any atom is -0.497 e. The van der Waals surface area contributed by atoms with E-state index in [1.165, 1.54) is 24.3 Å². The van der Waals surface area contributed by atoms with Crippen LogP contribution in [0.4, 0.5) is 4.39 Å². The molecule has 7 nitrogen and oxygen atoms in total. The Morgan fingerprint density at radius 2 is 1.79 bits per heavy atom. The number of nitrogens with zero attached hydrogens (tertiary/aromatic N) is 2. The number of benzene rings is 2. The van der Waals surface area contributed by atoms with E-state index < -0.39 is 0 Å². The maximum atomic E-state index is 13.2. The van der Waals surface area contributed by atoms with Gasteiger partial charge >= 0.3 is 0 Å². The first-order valence-electron chi connectivity index (χ1n) is 11.8. The van der Waals surface area contributed by atoms with Crippen LogP contribution in [0.2, 0.25) is 0 Å². The van der Waals surface area contributed by atoms with Crippen LogP contribution in [-0.2, 0) is 9.53 Å². The maximum absolute atomic E-state index is 13.2. The van der Waals surface area contributed by atoms with Crippen molar-refractivity contribution in [3.05, 3.63) is 65.5 Å². The Labute approximate surface area is 199 Å². The fourth-order valence-electron chi connectivity index (χ4n) is 4.67. The molecule has 0 bridgehead atoms. The second kappa shape index (κ2) is 11.4. The average molecular weight is 470 g/mol.